The van der Waals surface area contributed by atoms with Gasteiger partial charge in [-0.15, -0.1) is 0 Å². The maximum atomic E-state index is 11.8. The number of rotatable bonds is 3. The van der Waals surface area contributed by atoms with Gasteiger partial charge < -0.3 is 14.8 Å². The Bertz CT molecular complexity index is 723. The number of carbonyl (C=O) groups excluding carboxylic acids is 1. The van der Waals surface area contributed by atoms with Crippen LogP contribution in [0, 0.1) is 0 Å². The lowest BCUT2D eigenvalue weighted by atomic mass is 9.96. The third-order valence-corrected chi connectivity index (χ3v) is 3.79. The minimum absolute atomic E-state index is 0.163. The van der Waals surface area contributed by atoms with Crippen LogP contribution in [0.1, 0.15) is 38.0 Å². The van der Waals surface area contributed by atoms with E-state index in [1.165, 1.54) is 0 Å². The molecule has 1 aromatic carbocycles. The Hall–Kier alpha value is -2.40. The van der Waals surface area contributed by atoms with Crippen LogP contribution in [-0.4, -0.2) is 23.2 Å². The number of pyridine rings is 1. The first-order chi connectivity index (χ1) is 11.4. The van der Waals surface area contributed by atoms with Gasteiger partial charge in [0.1, 0.15) is 11.7 Å². The summed E-state index contributed by atoms with van der Waals surface area (Å²) in [5.74, 6) is 0. The fourth-order valence-electron chi connectivity index (χ4n) is 2.79. The second-order valence-corrected chi connectivity index (χ2v) is 6.80. The van der Waals surface area contributed by atoms with Gasteiger partial charge in [-0.1, -0.05) is 24.3 Å². The number of ether oxygens (including phenoxy) is 2. The highest BCUT2D eigenvalue weighted by Gasteiger charge is 2.27. The maximum Gasteiger partial charge on any atom is 0.407 e. The van der Waals surface area contributed by atoms with Gasteiger partial charge in [-0.3, -0.25) is 4.98 Å². The van der Waals surface area contributed by atoms with Gasteiger partial charge in [0.05, 0.1) is 13.2 Å². The molecule has 0 fully saturated rings. The molecule has 1 aliphatic rings. The lowest BCUT2D eigenvalue weighted by molar-refractivity contribution is 0.0395. The van der Waals surface area contributed by atoms with Crippen molar-refractivity contribution in [1.82, 2.24) is 10.3 Å². The van der Waals surface area contributed by atoms with Crippen LogP contribution in [0.15, 0.2) is 42.7 Å². The van der Waals surface area contributed by atoms with Gasteiger partial charge in [0.2, 0.25) is 0 Å². The molecule has 1 atom stereocenters. The highest BCUT2D eigenvalue weighted by atomic mass is 16.6. The van der Waals surface area contributed by atoms with E-state index in [4.69, 9.17) is 9.47 Å². The second-order valence-electron chi connectivity index (χ2n) is 6.80. The van der Waals surface area contributed by atoms with E-state index in [1.807, 2.05) is 51.2 Å². The molecular weight excluding hydrogens is 304 g/mol. The molecule has 126 valence electrons. The molecule has 0 saturated carbocycles. The van der Waals surface area contributed by atoms with Gasteiger partial charge in [0.25, 0.3) is 0 Å². The Labute approximate surface area is 142 Å². The predicted octanol–water partition coefficient (Wildman–Crippen LogP) is 3.84. The van der Waals surface area contributed by atoms with Crippen LogP contribution in [0.3, 0.4) is 0 Å². The molecule has 5 heteroatoms. The van der Waals surface area contributed by atoms with Crippen molar-refractivity contribution >= 4 is 6.09 Å². The Morgan fingerprint density at radius 2 is 2.17 bits per heavy atom. The minimum Gasteiger partial charge on any atom is -0.444 e. The number of carbonyl (C=O) groups is 1. The standard InChI is InChI=1S/C19H22N2O3/c1-19(2,3)24-18(22)21-11-17-15-8-4-7-14(16(15)12-23-17)13-6-5-9-20-10-13/h4-10,17H,11-12H2,1-3H3,(H,21,22)/t17-/m0/s1. The zero-order valence-electron chi connectivity index (χ0n) is 14.2. The number of nitrogens with one attached hydrogen (secondary N) is 1. The van der Waals surface area contributed by atoms with E-state index in [-0.39, 0.29) is 6.10 Å². The molecule has 0 spiro atoms. The summed E-state index contributed by atoms with van der Waals surface area (Å²) >= 11 is 0. The predicted molar refractivity (Wildman–Crippen MR) is 91.4 cm³/mol. The summed E-state index contributed by atoms with van der Waals surface area (Å²) in [6.45, 7) is 6.44. The molecular formula is C19H22N2O3. The van der Waals surface area contributed by atoms with Gasteiger partial charge in [-0.05, 0) is 43.5 Å². The summed E-state index contributed by atoms with van der Waals surface area (Å²) in [6, 6.07) is 10.1. The van der Waals surface area contributed by atoms with Crippen molar-refractivity contribution in [3.05, 3.63) is 53.9 Å². The minimum atomic E-state index is -0.508. The molecule has 2 heterocycles. The second kappa shape index (κ2) is 6.61. The van der Waals surface area contributed by atoms with E-state index in [1.54, 1.807) is 6.20 Å². The number of fused-ring (bicyclic) bond motifs is 1. The van der Waals surface area contributed by atoms with Crippen LogP contribution in [-0.2, 0) is 16.1 Å². The third kappa shape index (κ3) is 3.74. The highest BCUT2D eigenvalue weighted by molar-refractivity contribution is 5.69. The Morgan fingerprint density at radius 1 is 1.33 bits per heavy atom. The SMILES string of the molecule is CC(C)(C)OC(=O)NC[C@@H]1OCc2c(-c3cccnc3)cccc21. The first-order valence-electron chi connectivity index (χ1n) is 8.05. The number of hydrogen-bond donors (Lipinski definition) is 1. The quantitative estimate of drug-likeness (QED) is 0.931. The van der Waals surface area contributed by atoms with Crippen molar-refractivity contribution in [3.8, 4) is 11.1 Å². The summed E-state index contributed by atoms with van der Waals surface area (Å²) in [4.78, 5) is 16.0. The number of nitrogens with zero attached hydrogens (tertiary/aromatic N) is 1. The average Bonchev–Trinajstić information content (AvgIpc) is 2.95. The van der Waals surface area contributed by atoms with Crippen molar-refractivity contribution in [1.29, 1.82) is 0 Å². The number of aromatic nitrogens is 1. The van der Waals surface area contributed by atoms with Crippen LogP contribution in [0.4, 0.5) is 4.79 Å². The molecule has 5 nitrogen and oxygen atoms in total. The molecule has 0 bridgehead atoms. The fraction of sp³-hybridized carbons (Fsp3) is 0.368. The van der Waals surface area contributed by atoms with Crippen molar-refractivity contribution < 1.29 is 14.3 Å². The molecule has 0 unspecified atom stereocenters. The van der Waals surface area contributed by atoms with Crippen LogP contribution < -0.4 is 5.32 Å². The smallest absolute Gasteiger partial charge is 0.407 e. The normalized spacial score (nSPS) is 16.5. The van der Waals surface area contributed by atoms with E-state index in [2.05, 4.69) is 16.4 Å². The molecule has 2 aromatic rings. The molecule has 0 aliphatic carbocycles. The molecule has 1 N–H and O–H groups in total. The van der Waals surface area contributed by atoms with Crippen molar-refractivity contribution in [2.75, 3.05) is 6.54 Å². The highest BCUT2D eigenvalue weighted by Crippen LogP contribution is 2.36. The summed E-state index contributed by atoms with van der Waals surface area (Å²) in [7, 11) is 0. The van der Waals surface area contributed by atoms with Crippen LogP contribution in [0.2, 0.25) is 0 Å². The maximum absolute atomic E-state index is 11.8. The summed E-state index contributed by atoms with van der Waals surface area (Å²) in [5, 5.41) is 2.78. The Balaban J connectivity index is 1.73. The molecule has 0 saturated heterocycles. The first-order valence-corrected chi connectivity index (χ1v) is 8.05. The lowest BCUT2D eigenvalue weighted by Crippen LogP contribution is -2.34. The molecule has 24 heavy (non-hydrogen) atoms. The number of alkyl carbamates (subject to hydrolysis) is 1. The largest absolute Gasteiger partial charge is 0.444 e. The number of hydrogen-bond acceptors (Lipinski definition) is 4. The van der Waals surface area contributed by atoms with Crippen LogP contribution in [0.25, 0.3) is 11.1 Å². The molecule has 3 rings (SSSR count). The number of benzene rings is 1. The van der Waals surface area contributed by atoms with Gasteiger partial charge in [-0.2, -0.15) is 0 Å². The average molecular weight is 326 g/mol. The Morgan fingerprint density at radius 3 is 2.88 bits per heavy atom. The van der Waals surface area contributed by atoms with Gasteiger partial charge >= 0.3 is 6.09 Å². The van der Waals surface area contributed by atoms with Gasteiger partial charge in [0, 0.05) is 18.0 Å². The monoisotopic (exact) mass is 326 g/mol. The summed E-state index contributed by atoms with van der Waals surface area (Å²) in [6.07, 6.45) is 3.02. The first kappa shape index (κ1) is 16.5. The summed E-state index contributed by atoms with van der Waals surface area (Å²) in [5.41, 5.74) is 3.94. The van der Waals surface area contributed by atoms with Crippen LogP contribution >= 0.6 is 0 Å². The third-order valence-electron chi connectivity index (χ3n) is 3.79. The Kier molecular flexibility index (Phi) is 4.53. The zero-order valence-corrected chi connectivity index (χ0v) is 14.2. The van der Waals surface area contributed by atoms with Crippen LogP contribution in [0.5, 0.6) is 0 Å². The van der Waals surface area contributed by atoms with E-state index >= 15 is 0 Å². The topological polar surface area (TPSA) is 60.5 Å². The van der Waals surface area contributed by atoms with E-state index in [9.17, 15) is 4.79 Å². The zero-order chi connectivity index (χ0) is 17.2. The lowest BCUT2D eigenvalue weighted by Gasteiger charge is -2.20. The van der Waals surface area contributed by atoms with Crippen molar-refractivity contribution in [2.24, 2.45) is 0 Å². The molecule has 1 aliphatic heterocycles. The fourth-order valence-corrected chi connectivity index (χ4v) is 2.79. The van der Waals surface area contributed by atoms with E-state index < -0.39 is 11.7 Å². The van der Waals surface area contributed by atoms with Crippen molar-refractivity contribution in [3.63, 3.8) is 0 Å². The number of amides is 1. The van der Waals surface area contributed by atoms with E-state index in [0.717, 1.165) is 22.3 Å². The van der Waals surface area contributed by atoms with Gasteiger partial charge in [-0.25, -0.2) is 4.79 Å². The van der Waals surface area contributed by atoms with Crippen molar-refractivity contribution in [2.45, 2.75) is 39.1 Å². The molecule has 0 radical (unpaired) electrons. The van der Waals surface area contributed by atoms with Gasteiger partial charge in [0.15, 0.2) is 0 Å². The summed E-state index contributed by atoms with van der Waals surface area (Å²) < 4.78 is 11.1. The molecule has 1 aromatic heterocycles. The molecule has 1 amide bonds. The van der Waals surface area contributed by atoms with E-state index in [0.29, 0.717) is 13.2 Å².